The van der Waals surface area contributed by atoms with E-state index in [4.69, 9.17) is 9.47 Å². The minimum atomic E-state index is 0.510. The normalized spacial score (nSPS) is 11.2. The predicted molar refractivity (Wildman–Crippen MR) is 107 cm³/mol. The standard InChI is InChI=1S/C24H24O2/c1-3-19(2)22-15-10-16-23(25-17-20-11-6-4-7-12-20)24(22)26-18-21-13-8-5-9-14-21/h3-16H,17-18H2,1-2H3/b19-3-. The summed E-state index contributed by atoms with van der Waals surface area (Å²) in [6, 6.07) is 26.4. The molecule has 0 heterocycles. The van der Waals surface area contributed by atoms with Gasteiger partial charge in [0.05, 0.1) is 0 Å². The van der Waals surface area contributed by atoms with Gasteiger partial charge in [-0.05, 0) is 36.6 Å². The Morgan fingerprint density at radius 2 is 1.31 bits per heavy atom. The number of ether oxygens (including phenoxy) is 2. The van der Waals surface area contributed by atoms with Gasteiger partial charge in [0.25, 0.3) is 0 Å². The van der Waals surface area contributed by atoms with Crippen LogP contribution in [0, 0.1) is 0 Å². The van der Waals surface area contributed by atoms with E-state index in [9.17, 15) is 0 Å². The lowest BCUT2D eigenvalue weighted by Gasteiger charge is -2.17. The van der Waals surface area contributed by atoms with Crippen molar-refractivity contribution in [3.8, 4) is 11.5 Å². The minimum absolute atomic E-state index is 0.510. The quantitative estimate of drug-likeness (QED) is 0.503. The van der Waals surface area contributed by atoms with E-state index in [1.54, 1.807) is 0 Å². The zero-order chi connectivity index (χ0) is 18.2. The Labute approximate surface area is 155 Å². The van der Waals surface area contributed by atoms with E-state index in [-0.39, 0.29) is 0 Å². The van der Waals surface area contributed by atoms with Crippen molar-refractivity contribution in [3.63, 3.8) is 0 Å². The molecule has 0 fully saturated rings. The van der Waals surface area contributed by atoms with E-state index >= 15 is 0 Å². The second-order valence-electron chi connectivity index (χ2n) is 6.15. The van der Waals surface area contributed by atoms with Crippen LogP contribution in [0.2, 0.25) is 0 Å². The zero-order valence-electron chi connectivity index (χ0n) is 15.3. The molecule has 0 aromatic heterocycles. The third-order valence-electron chi connectivity index (χ3n) is 4.30. The third kappa shape index (κ3) is 4.54. The molecule has 132 valence electrons. The summed E-state index contributed by atoms with van der Waals surface area (Å²) >= 11 is 0. The monoisotopic (exact) mass is 344 g/mol. The van der Waals surface area contributed by atoms with Gasteiger partial charge < -0.3 is 9.47 Å². The molecule has 0 aliphatic heterocycles. The molecule has 0 unspecified atom stereocenters. The maximum Gasteiger partial charge on any atom is 0.169 e. The number of para-hydroxylation sites is 1. The Balaban J connectivity index is 1.85. The van der Waals surface area contributed by atoms with Crippen molar-refractivity contribution in [2.24, 2.45) is 0 Å². The molecule has 3 aromatic rings. The van der Waals surface area contributed by atoms with Crippen LogP contribution in [-0.4, -0.2) is 0 Å². The molecule has 0 bridgehead atoms. The topological polar surface area (TPSA) is 18.5 Å². The van der Waals surface area contributed by atoms with Crippen molar-refractivity contribution < 1.29 is 9.47 Å². The lowest BCUT2D eigenvalue weighted by Crippen LogP contribution is -2.02. The van der Waals surface area contributed by atoms with Crippen LogP contribution in [0.4, 0.5) is 0 Å². The van der Waals surface area contributed by atoms with Crippen LogP contribution in [-0.2, 0) is 13.2 Å². The number of rotatable bonds is 7. The van der Waals surface area contributed by atoms with Gasteiger partial charge in [0, 0.05) is 5.56 Å². The molecule has 3 aromatic carbocycles. The predicted octanol–water partition coefficient (Wildman–Crippen LogP) is 6.27. The van der Waals surface area contributed by atoms with Crippen molar-refractivity contribution in [1.82, 2.24) is 0 Å². The van der Waals surface area contributed by atoms with Crippen molar-refractivity contribution >= 4 is 5.57 Å². The zero-order valence-corrected chi connectivity index (χ0v) is 15.3. The molecular formula is C24H24O2. The molecule has 0 spiro atoms. The van der Waals surface area contributed by atoms with E-state index in [1.807, 2.05) is 55.5 Å². The lowest BCUT2D eigenvalue weighted by molar-refractivity contribution is 0.255. The van der Waals surface area contributed by atoms with Crippen molar-refractivity contribution in [2.45, 2.75) is 27.1 Å². The fourth-order valence-corrected chi connectivity index (χ4v) is 2.71. The van der Waals surface area contributed by atoms with Crippen LogP contribution in [0.3, 0.4) is 0 Å². The number of allylic oxidation sites excluding steroid dienone is 2. The van der Waals surface area contributed by atoms with Gasteiger partial charge in [-0.25, -0.2) is 0 Å². The molecule has 0 aliphatic carbocycles. The molecule has 0 N–H and O–H groups in total. The average molecular weight is 344 g/mol. The summed E-state index contributed by atoms with van der Waals surface area (Å²) in [5.41, 5.74) is 4.50. The first-order chi connectivity index (χ1) is 12.8. The largest absolute Gasteiger partial charge is 0.485 e. The van der Waals surface area contributed by atoms with Gasteiger partial charge in [-0.3, -0.25) is 0 Å². The number of hydrogen-bond donors (Lipinski definition) is 0. The fourth-order valence-electron chi connectivity index (χ4n) is 2.71. The Bertz CT molecular complexity index is 852. The van der Waals surface area contributed by atoms with Gasteiger partial charge in [0.1, 0.15) is 13.2 Å². The summed E-state index contributed by atoms with van der Waals surface area (Å²) < 4.78 is 12.3. The highest BCUT2D eigenvalue weighted by molar-refractivity contribution is 5.71. The molecule has 0 amide bonds. The maximum absolute atomic E-state index is 6.20. The first-order valence-electron chi connectivity index (χ1n) is 8.87. The first-order valence-corrected chi connectivity index (χ1v) is 8.87. The molecule has 3 rings (SSSR count). The summed E-state index contributed by atoms with van der Waals surface area (Å²) in [6.07, 6.45) is 2.09. The summed E-state index contributed by atoms with van der Waals surface area (Å²) in [4.78, 5) is 0. The van der Waals surface area contributed by atoms with Gasteiger partial charge in [-0.2, -0.15) is 0 Å². The van der Waals surface area contributed by atoms with E-state index in [2.05, 4.69) is 43.3 Å². The van der Waals surface area contributed by atoms with E-state index in [0.717, 1.165) is 28.2 Å². The molecule has 0 saturated heterocycles. The summed E-state index contributed by atoms with van der Waals surface area (Å²) in [7, 11) is 0. The van der Waals surface area contributed by atoms with E-state index < -0.39 is 0 Å². The smallest absolute Gasteiger partial charge is 0.169 e. The molecule has 0 radical (unpaired) electrons. The highest BCUT2D eigenvalue weighted by atomic mass is 16.5. The summed E-state index contributed by atoms with van der Waals surface area (Å²) in [5.74, 6) is 1.56. The van der Waals surface area contributed by atoms with Crippen molar-refractivity contribution in [3.05, 3.63) is 102 Å². The summed E-state index contributed by atoms with van der Waals surface area (Å²) in [6.45, 7) is 5.15. The highest BCUT2D eigenvalue weighted by Gasteiger charge is 2.13. The average Bonchev–Trinajstić information content (AvgIpc) is 2.71. The van der Waals surface area contributed by atoms with E-state index in [1.165, 1.54) is 5.57 Å². The Morgan fingerprint density at radius 1 is 0.731 bits per heavy atom. The van der Waals surface area contributed by atoms with Crippen LogP contribution in [0.15, 0.2) is 84.9 Å². The third-order valence-corrected chi connectivity index (χ3v) is 4.30. The van der Waals surface area contributed by atoms with Crippen LogP contribution < -0.4 is 9.47 Å². The van der Waals surface area contributed by atoms with Gasteiger partial charge in [-0.15, -0.1) is 0 Å². The summed E-state index contributed by atoms with van der Waals surface area (Å²) in [5, 5.41) is 0. The van der Waals surface area contributed by atoms with Gasteiger partial charge in [0.15, 0.2) is 11.5 Å². The van der Waals surface area contributed by atoms with Gasteiger partial charge in [0.2, 0.25) is 0 Å². The van der Waals surface area contributed by atoms with Crippen LogP contribution in [0.1, 0.15) is 30.5 Å². The van der Waals surface area contributed by atoms with Crippen molar-refractivity contribution in [1.29, 1.82) is 0 Å². The first kappa shape index (κ1) is 17.8. The maximum atomic E-state index is 6.20. The molecule has 2 nitrogen and oxygen atoms in total. The molecule has 0 saturated carbocycles. The van der Waals surface area contributed by atoms with E-state index in [0.29, 0.717) is 13.2 Å². The molecule has 0 aliphatic rings. The second kappa shape index (κ2) is 8.91. The van der Waals surface area contributed by atoms with Gasteiger partial charge >= 0.3 is 0 Å². The molecule has 0 atom stereocenters. The lowest BCUT2D eigenvalue weighted by atomic mass is 10.1. The van der Waals surface area contributed by atoms with Crippen LogP contribution in [0.25, 0.3) is 5.57 Å². The number of benzene rings is 3. The minimum Gasteiger partial charge on any atom is -0.485 e. The van der Waals surface area contributed by atoms with Gasteiger partial charge in [-0.1, -0.05) is 78.9 Å². The second-order valence-corrected chi connectivity index (χ2v) is 6.15. The Morgan fingerprint density at radius 3 is 1.88 bits per heavy atom. The fraction of sp³-hybridized carbons (Fsp3) is 0.167. The molecular weight excluding hydrogens is 320 g/mol. The molecule has 2 heteroatoms. The van der Waals surface area contributed by atoms with Crippen LogP contribution in [0.5, 0.6) is 11.5 Å². The van der Waals surface area contributed by atoms with Crippen LogP contribution >= 0.6 is 0 Å². The van der Waals surface area contributed by atoms with Crippen molar-refractivity contribution in [2.75, 3.05) is 0 Å². The highest BCUT2D eigenvalue weighted by Crippen LogP contribution is 2.36. The molecule has 26 heavy (non-hydrogen) atoms. The number of hydrogen-bond acceptors (Lipinski definition) is 2. The Kier molecular flexibility index (Phi) is 6.10. The Hall–Kier alpha value is -3.00. The SMILES string of the molecule is C/C=C(/C)c1cccc(OCc2ccccc2)c1OCc1ccccc1.